The maximum atomic E-state index is 13.4. The second kappa shape index (κ2) is 8.73. The number of aryl methyl sites for hydroxylation is 1. The number of thioether (sulfide) groups is 1. The maximum Gasteiger partial charge on any atom is 0.267 e. The fourth-order valence-corrected chi connectivity index (χ4v) is 5.11. The Balaban J connectivity index is 1.82. The maximum absolute atomic E-state index is 13.4. The smallest absolute Gasteiger partial charge is 0.267 e. The number of carbonyl (C=O) groups is 1. The van der Waals surface area contributed by atoms with E-state index in [-0.39, 0.29) is 17.5 Å². The summed E-state index contributed by atoms with van der Waals surface area (Å²) in [5, 5.41) is 3.48. The highest BCUT2D eigenvalue weighted by Crippen LogP contribution is 2.33. The number of fused-ring (bicyclic) bond motifs is 1. The molecule has 1 amide bonds. The molecule has 3 heterocycles. The van der Waals surface area contributed by atoms with Crippen LogP contribution in [0.5, 0.6) is 0 Å². The molecule has 0 spiro atoms. The monoisotopic (exact) mass is 440 g/mol. The molecule has 1 aliphatic heterocycles. The van der Waals surface area contributed by atoms with Crippen LogP contribution in [0.2, 0.25) is 0 Å². The van der Waals surface area contributed by atoms with E-state index >= 15 is 0 Å². The second-order valence-electron chi connectivity index (χ2n) is 7.67. The molecule has 0 aromatic carbocycles. The molecule has 1 saturated heterocycles. The first kappa shape index (κ1) is 20.8. The molecule has 0 atom stereocenters. The summed E-state index contributed by atoms with van der Waals surface area (Å²) >= 11 is 6.54. The highest BCUT2D eigenvalue weighted by atomic mass is 32.2. The molecule has 0 unspecified atom stereocenters. The largest absolute Gasteiger partial charge is 0.367 e. The Bertz CT molecular complexity index is 1120. The van der Waals surface area contributed by atoms with Gasteiger partial charge in [0.25, 0.3) is 11.5 Å². The number of pyridine rings is 1. The normalized spacial score (nSPS) is 19.1. The van der Waals surface area contributed by atoms with Gasteiger partial charge in [-0.2, -0.15) is 0 Å². The number of hydrogen-bond donors (Lipinski definition) is 1. The van der Waals surface area contributed by atoms with Crippen LogP contribution < -0.4 is 10.9 Å². The van der Waals surface area contributed by atoms with E-state index in [9.17, 15) is 9.59 Å². The van der Waals surface area contributed by atoms with E-state index in [0.717, 1.165) is 18.4 Å². The van der Waals surface area contributed by atoms with Gasteiger partial charge in [-0.15, -0.1) is 6.58 Å². The average molecular weight is 441 g/mol. The van der Waals surface area contributed by atoms with Gasteiger partial charge in [0.05, 0.1) is 10.5 Å². The van der Waals surface area contributed by atoms with Gasteiger partial charge in [-0.25, -0.2) is 4.98 Å². The van der Waals surface area contributed by atoms with Crippen LogP contribution in [0.1, 0.15) is 43.2 Å². The molecular weight excluding hydrogens is 416 g/mol. The Hall–Kier alpha value is -2.45. The predicted octanol–water partition coefficient (Wildman–Crippen LogP) is 4.13. The number of rotatable bonds is 5. The van der Waals surface area contributed by atoms with Crippen LogP contribution in [-0.2, 0) is 4.79 Å². The number of anilines is 1. The first-order valence-electron chi connectivity index (χ1n) is 10.1. The molecule has 2 aromatic rings. The molecule has 2 aliphatic rings. The van der Waals surface area contributed by atoms with Crippen molar-refractivity contribution in [1.29, 1.82) is 0 Å². The quantitative estimate of drug-likeness (QED) is 0.428. The molecule has 4 rings (SSSR count). The van der Waals surface area contributed by atoms with E-state index in [2.05, 4.69) is 11.9 Å². The minimum atomic E-state index is -0.206. The van der Waals surface area contributed by atoms with Crippen molar-refractivity contribution in [2.24, 2.45) is 0 Å². The van der Waals surface area contributed by atoms with Crippen LogP contribution in [0.25, 0.3) is 11.7 Å². The minimum Gasteiger partial charge on any atom is -0.367 e. The molecule has 1 saturated carbocycles. The number of carbonyl (C=O) groups excluding carboxylic acids is 1. The molecule has 6 nitrogen and oxygen atoms in total. The van der Waals surface area contributed by atoms with Crippen LogP contribution in [0.15, 0.2) is 40.7 Å². The highest BCUT2D eigenvalue weighted by Gasteiger charge is 2.32. The fraction of sp³-hybridized carbons (Fsp3) is 0.364. The summed E-state index contributed by atoms with van der Waals surface area (Å²) < 4.78 is 2.01. The van der Waals surface area contributed by atoms with Crippen LogP contribution >= 0.6 is 24.0 Å². The van der Waals surface area contributed by atoms with Gasteiger partial charge >= 0.3 is 0 Å². The molecule has 2 fully saturated rings. The Kier molecular flexibility index (Phi) is 6.06. The van der Waals surface area contributed by atoms with Gasteiger partial charge in [0.1, 0.15) is 15.8 Å². The lowest BCUT2D eigenvalue weighted by Gasteiger charge is -2.24. The molecule has 8 heteroatoms. The second-order valence-corrected chi connectivity index (χ2v) is 9.35. The summed E-state index contributed by atoms with van der Waals surface area (Å²) in [6, 6.07) is 4.06. The van der Waals surface area contributed by atoms with Crippen molar-refractivity contribution in [1.82, 2.24) is 14.3 Å². The van der Waals surface area contributed by atoms with Crippen molar-refractivity contribution in [3.8, 4) is 0 Å². The lowest BCUT2D eigenvalue weighted by atomic mass is 9.95. The standard InChI is InChI=1S/C22H24N4O2S2/c1-3-11-25-21(28)17(30-22(25)29)12-16-19(23-15-7-5-4-6-8-15)24-18-10-9-14(2)13-26(18)20(16)27/h3,9-10,12-13,15,23H,1,4-8,11H2,2H3. The van der Waals surface area contributed by atoms with Crippen molar-refractivity contribution >= 4 is 51.7 Å². The summed E-state index contributed by atoms with van der Waals surface area (Å²) in [6.45, 7) is 5.96. The van der Waals surface area contributed by atoms with Gasteiger partial charge in [-0.1, -0.05) is 55.4 Å². The lowest BCUT2D eigenvalue weighted by molar-refractivity contribution is -0.121. The van der Waals surface area contributed by atoms with Gasteiger partial charge in [0.15, 0.2) is 0 Å². The Morgan fingerprint density at radius 1 is 1.30 bits per heavy atom. The van der Waals surface area contributed by atoms with Crippen molar-refractivity contribution in [3.63, 3.8) is 0 Å². The Morgan fingerprint density at radius 3 is 2.80 bits per heavy atom. The van der Waals surface area contributed by atoms with E-state index in [1.54, 1.807) is 18.3 Å². The van der Waals surface area contributed by atoms with Gasteiger partial charge in [-0.05, 0) is 37.5 Å². The number of nitrogens with zero attached hydrogens (tertiary/aromatic N) is 3. The van der Waals surface area contributed by atoms with Crippen LogP contribution in [0, 0.1) is 6.92 Å². The lowest BCUT2D eigenvalue weighted by Crippen LogP contribution is -2.28. The summed E-state index contributed by atoms with van der Waals surface area (Å²) in [5.41, 5.74) is 1.74. The van der Waals surface area contributed by atoms with Crippen molar-refractivity contribution in [2.75, 3.05) is 11.9 Å². The van der Waals surface area contributed by atoms with E-state index in [1.807, 2.05) is 19.1 Å². The van der Waals surface area contributed by atoms with Gasteiger partial charge in [0, 0.05) is 18.8 Å². The Morgan fingerprint density at radius 2 is 2.07 bits per heavy atom. The third kappa shape index (κ3) is 4.06. The summed E-state index contributed by atoms with van der Waals surface area (Å²) in [7, 11) is 0. The zero-order valence-corrected chi connectivity index (χ0v) is 18.5. The van der Waals surface area contributed by atoms with E-state index < -0.39 is 0 Å². The molecule has 156 valence electrons. The number of nitrogens with one attached hydrogen (secondary N) is 1. The first-order chi connectivity index (χ1) is 14.5. The third-order valence-corrected chi connectivity index (χ3v) is 6.79. The minimum absolute atomic E-state index is 0.198. The van der Waals surface area contributed by atoms with Crippen molar-refractivity contribution < 1.29 is 4.79 Å². The number of thiocarbonyl (C=S) groups is 1. The molecular formula is C22H24N4O2S2. The van der Waals surface area contributed by atoms with Crippen LogP contribution in [0.4, 0.5) is 5.82 Å². The van der Waals surface area contributed by atoms with Crippen molar-refractivity contribution in [3.05, 3.63) is 57.4 Å². The molecule has 2 aromatic heterocycles. The van der Waals surface area contributed by atoms with Crippen molar-refractivity contribution in [2.45, 2.75) is 45.1 Å². The average Bonchev–Trinajstić information content (AvgIpc) is 3.00. The molecule has 1 aliphatic carbocycles. The summed E-state index contributed by atoms with van der Waals surface area (Å²) in [4.78, 5) is 32.8. The predicted molar refractivity (Wildman–Crippen MR) is 127 cm³/mol. The SMILES string of the molecule is C=CCN1C(=O)C(=Cc2c(NC3CCCCC3)nc3ccc(C)cn3c2=O)SC1=S. The van der Waals surface area contributed by atoms with E-state index in [4.69, 9.17) is 17.2 Å². The molecule has 30 heavy (non-hydrogen) atoms. The Labute approximate surface area is 185 Å². The topological polar surface area (TPSA) is 66.7 Å². The molecule has 0 radical (unpaired) electrons. The summed E-state index contributed by atoms with van der Waals surface area (Å²) in [5.74, 6) is 0.326. The fourth-order valence-electron chi connectivity index (χ4n) is 3.86. The highest BCUT2D eigenvalue weighted by molar-refractivity contribution is 8.26. The zero-order chi connectivity index (χ0) is 21.3. The van der Waals surface area contributed by atoms with E-state index in [0.29, 0.717) is 32.8 Å². The van der Waals surface area contributed by atoms with Gasteiger partial charge in [-0.3, -0.25) is 18.9 Å². The van der Waals surface area contributed by atoms with Crippen LogP contribution in [-0.4, -0.2) is 37.1 Å². The molecule has 0 bridgehead atoms. The van der Waals surface area contributed by atoms with E-state index in [1.165, 1.54) is 40.3 Å². The van der Waals surface area contributed by atoms with Gasteiger partial charge < -0.3 is 5.32 Å². The zero-order valence-electron chi connectivity index (χ0n) is 16.9. The first-order valence-corrected chi connectivity index (χ1v) is 11.4. The number of amides is 1. The third-order valence-electron chi connectivity index (χ3n) is 5.41. The molecule has 1 N–H and O–H groups in total. The van der Waals surface area contributed by atoms with Gasteiger partial charge in [0.2, 0.25) is 0 Å². The summed E-state index contributed by atoms with van der Waals surface area (Å²) in [6.07, 6.45) is 10.7. The number of hydrogen-bond acceptors (Lipinski definition) is 6. The van der Waals surface area contributed by atoms with Crippen LogP contribution in [0.3, 0.4) is 0 Å². The number of aromatic nitrogens is 2.